The molecule has 1 heterocycles. The summed E-state index contributed by atoms with van der Waals surface area (Å²) in [6, 6.07) is 3.09. The Morgan fingerprint density at radius 3 is 2.45 bits per heavy atom. The molecule has 0 radical (unpaired) electrons. The van der Waals surface area contributed by atoms with Crippen molar-refractivity contribution in [2.24, 2.45) is 11.8 Å². The first-order valence-corrected chi connectivity index (χ1v) is 9.09. The molecule has 0 aromatic rings. The summed E-state index contributed by atoms with van der Waals surface area (Å²) < 4.78 is 0. The molecule has 2 fully saturated rings. The van der Waals surface area contributed by atoms with Gasteiger partial charge in [-0.1, -0.05) is 27.7 Å². The van der Waals surface area contributed by atoms with Crippen LogP contribution in [0.15, 0.2) is 0 Å². The van der Waals surface area contributed by atoms with Gasteiger partial charge in [-0.05, 0) is 63.8 Å². The summed E-state index contributed by atoms with van der Waals surface area (Å²) in [5.74, 6) is 1.72. The van der Waals surface area contributed by atoms with Crippen molar-refractivity contribution in [1.29, 1.82) is 0 Å². The van der Waals surface area contributed by atoms with Gasteiger partial charge in [-0.25, -0.2) is 0 Å². The third-order valence-electron chi connectivity index (χ3n) is 5.75. The van der Waals surface area contributed by atoms with E-state index in [9.17, 15) is 0 Å². The summed E-state index contributed by atoms with van der Waals surface area (Å²) in [6.45, 7) is 13.2. The summed E-state index contributed by atoms with van der Waals surface area (Å²) in [7, 11) is 0. The molecule has 1 saturated carbocycles. The predicted molar refractivity (Wildman–Crippen MR) is 88.0 cm³/mol. The van der Waals surface area contributed by atoms with Crippen molar-refractivity contribution in [3.8, 4) is 0 Å². The fourth-order valence-electron chi connectivity index (χ4n) is 4.92. The normalized spacial score (nSPS) is 43.0. The lowest BCUT2D eigenvalue weighted by atomic mass is 9.75. The Bertz CT molecular complexity index is 291. The van der Waals surface area contributed by atoms with Gasteiger partial charge < -0.3 is 5.32 Å². The van der Waals surface area contributed by atoms with Crippen molar-refractivity contribution in [3.63, 3.8) is 0 Å². The maximum Gasteiger partial charge on any atom is 0.0280 e. The Balaban J connectivity index is 2.14. The number of likely N-dealkylation sites (tertiary alicyclic amines) is 1. The summed E-state index contributed by atoms with van der Waals surface area (Å²) >= 11 is 0. The Kier molecular flexibility index (Phi) is 5.92. The van der Waals surface area contributed by atoms with E-state index in [1.54, 1.807) is 0 Å². The van der Waals surface area contributed by atoms with E-state index in [1.807, 2.05) is 0 Å². The summed E-state index contributed by atoms with van der Waals surface area (Å²) in [5, 5.41) is 3.88. The molecule has 6 atom stereocenters. The SMILES string of the molecule is CCCNC1CC(C)CC(C)C1N1C(C)CCC1CC. The highest BCUT2D eigenvalue weighted by atomic mass is 15.3. The quantitative estimate of drug-likeness (QED) is 0.817. The number of rotatable bonds is 5. The minimum atomic E-state index is 0.711. The van der Waals surface area contributed by atoms with Crippen LogP contribution in [0.2, 0.25) is 0 Å². The van der Waals surface area contributed by atoms with E-state index < -0.39 is 0 Å². The zero-order valence-electron chi connectivity index (χ0n) is 14.4. The largest absolute Gasteiger partial charge is 0.312 e. The van der Waals surface area contributed by atoms with Crippen LogP contribution >= 0.6 is 0 Å². The molecule has 0 bridgehead atoms. The van der Waals surface area contributed by atoms with Crippen molar-refractivity contribution in [3.05, 3.63) is 0 Å². The minimum absolute atomic E-state index is 0.711. The summed E-state index contributed by atoms with van der Waals surface area (Å²) in [6.07, 6.45) is 8.17. The van der Waals surface area contributed by atoms with Crippen molar-refractivity contribution >= 4 is 0 Å². The number of hydrogen-bond donors (Lipinski definition) is 1. The van der Waals surface area contributed by atoms with E-state index >= 15 is 0 Å². The highest BCUT2D eigenvalue weighted by molar-refractivity contribution is 4.99. The molecule has 2 nitrogen and oxygen atoms in total. The zero-order valence-corrected chi connectivity index (χ0v) is 14.4. The van der Waals surface area contributed by atoms with Crippen molar-refractivity contribution in [2.75, 3.05) is 6.54 Å². The van der Waals surface area contributed by atoms with Crippen molar-refractivity contribution in [2.45, 2.75) is 97.3 Å². The van der Waals surface area contributed by atoms with Gasteiger partial charge in [-0.15, -0.1) is 0 Å². The topological polar surface area (TPSA) is 15.3 Å². The van der Waals surface area contributed by atoms with Crippen LogP contribution in [0.25, 0.3) is 0 Å². The molecule has 2 heteroatoms. The molecular formula is C18H36N2. The molecule has 0 aromatic heterocycles. The maximum absolute atomic E-state index is 3.88. The molecule has 0 spiro atoms. The second-order valence-corrected chi connectivity index (χ2v) is 7.54. The average molecular weight is 281 g/mol. The van der Waals surface area contributed by atoms with E-state index in [1.165, 1.54) is 45.1 Å². The van der Waals surface area contributed by atoms with Gasteiger partial charge in [0.05, 0.1) is 0 Å². The lowest BCUT2D eigenvalue weighted by molar-refractivity contribution is 0.0286. The van der Waals surface area contributed by atoms with E-state index in [0.29, 0.717) is 6.04 Å². The van der Waals surface area contributed by atoms with Crippen LogP contribution in [0.1, 0.15) is 73.1 Å². The second kappa shape index (κ2) is 7.26. The molecule has 2 aliphatic rings. The highest BCUT2D eigenvalue weighted by Gasteiger charge is 2.43. The van der Waals surface area contributed by atoms with Crippen LogP contribution in [0.4, 0.5) is 0 Å². The molecule has 6 unspecified atom stereocenters. The second-order valence-electron chi connectivity index (χ2n) is 7.54. The lowest BCUT2D eigenvalue weighted by Gasteiger charge is -2.48. The highest BCUT2D eigenvalue weighted by Crippen LogP contribution is 2.38. The van der Waals surface area contributed by atoms with Gasteiger partial charge in [-0.2, -0.15) is 0 Å². The zero-order chi connectivity index (χ0) is 14.7. The molecule has 0 amide bonds. The molecule has 1 aliphatic carbocycles. The molecule has 1 N–H and O–H groups in total. The van der Waals surface area contributed by atoms with Crippen molar-refractivity contribution < 1.29 is 0 Å². The fourth-order valence-corrected chi connectivity index (χ4v) is 4.92. The predicted octanol–water partition coefficient (Wildman–Crippen LogP) is 4.05. The maximum atomic E-state index is 3.88. The molecule has 2 rings (SSSR count). The van der Waals surface area contributed by atoms with E-state index in [4.69, 9.17) is 0 Å². The van der Waals surface area contributed by atoms with Crippen LogP contribution < -0.4 is 5.32 Å². The third kappa shape index (κ3) is 3.39. The number of nitrogens with one attached hydrogen (secondary N) is 1. The van der Waals surface area contributed by atoms with Gasteiger partial charge in [0.25, 0.3) is 0 Å². The smallest absolute Gasteiger partial charge is 0.0280 e. The fraction of sp³-hybridized carbons (Fsp3) is 1.00. The van der Waals surface area contributed by atoms with Gasteiger partial charge in [0.1, 0.15) is 0 Å². The molecule has 0 aromatic carbocycles. The molecular weight excluding hydrogens is 244 g/mol. The standard InChI is InChI=1S/C18H36N2/c1-6-10-19-17-12-13(3)11-14(4)18(17)20-15(5)8-9-16(20)7-2/h13-19H,6-12H2,1-5H3. The molecule has 20 heavy (non-hydrogen) atoms. The van der Waals surface area contributed by atoms with Gasteiger partial charge in [0.15, 0.2) is 0 Å². The Morgan fingerprint density at radius 2 is 1.80 bits per heavy atom. The van der Waals surface area contributed by atoms with Crippen molar-refractivity contribution in [1.82, 2.24) is 10.2 Å². The van der Waals surface area contributed by atoms with Gasteiger partial charge in [0, 0.05) is 24.2 Å². The number of nitrogens with zero attached hydrogens (tertiary/aromatic N) is 1. The van der Waals surface area contributed by atoms with Crippen LogP contribution in [-0.2, 0) is 0 Å². The Labute approximate surface area is 126 Å². The molecule has 1 aliphatic heterocycles. The van der Waals surface area contributed by atoms with Gasteiger partial charge >= 0.3 is 0 Å². The van der Waals surface area contributed by atoms with Crippen LogP contribution in [-0.4, -0.2) is 35.6 Å². The number of hydrogen-bond acceptors (Lipinski definition) is 2. The Hall–Kier alpha value is -0.0800. The molecule has 1 saturated heterocycles. The summed E-state index contributed by atoms with van der Waals surface area (Å²) in [5.41, 5.74) is 0. The minimum Gasteiger partial charge on any atom is -0.312 e. The third-order valence-corrected chi connectivity index (χ3v) is 5.75. The first-order chi connectivity index (χ1) is 9.58. The first kappa shape index (κ1) is 16.3. The molecule has 118 valence electrons. The van der Waals surface area contributed by atoms with Crippen LogP contribution in [0.5, 0.6) is 0 Å². The van der Waals surface area contributed by atoms with Crippen LogP contribution in [0.3, 0.4) is 0 Å². The average Bonchev–Trinajstić information content (AvgIpc) is 2.77. The monoisotopic (exact) mass is 280 g/mol. The van der Waals surface area contributed by atoms with Gasteiger partial charge in [0.2, 0.25) is 0 Å². The van der Waals surface area contributed by atoms with Crippen LogP contribution in [0, 0.1) is 11.8 Å². The Morgan fingerprint density at radius 1 is 1.05 bits per heavy atom. The van der Waals surface area contributed by atoms with E-state index in [2.05, 4.69) is 44.8 Å². The first-order valence-electron chi connectivity index (χ1n) is 9.09. The van der Waals surface area contributed by atoms with E-state index in [-0.39, 0.29) is 0 Å². The van der Waals surface area contributed by atoms with E-state index in [0.717, 1.165) is 30.0 Å². The lowest BCUT2D eigenvalue weighted by Crippen LogP contribution is -2.59. The van der Waals surface area contributed by atoms with Gasteiger partial charge in [-0.3, -0.25) is 4.90 Å². The summed E-state index contributed by atoms with van der Waals surface area (Å²) in [4.78, 5) is 2.91.